The number of benzene rings is 2. The summed E-state index contributed by atoms with van der Waals surface area (Å²) in [4.78, 5) is 0. The van der Waals surface area contributed by atoms with Crippen LogP contribution in [0, 0.1) is 5.92 Å². The fraction of sp³-hybridized carbons (Fsp3) is 0.455. The molecule has 0 saturated heterocycles. The molecule has 25 heavy (non-hydrogen) atoms. The third kappa shape index (κ3) is 2.94. The second-order valence-electron chi connectivity index (χ2n) is 8.78. The number of halogens is 1. The molecular formula is C22H27BrOSi. The lowest BCUT2D eigenvalue weighted by molar-refractivity contribution is 0.182. The van der Waals surface area contributed by atoms with Gasteiger partial charge in [0.2, 0.25) is 0 Å². The van der Waals surface area contributed by atoms with E-state index in [1.54, 1.807) is 0 Å². The lowest BCUT2D eigenvalue weighted by atomic mass is 10.2. The predicted octanol–water partition coefficient (Wildman–Crippen LogP) is 4.88. The highest BCUT2D eigenvalue weighted by molar-refractivity contribution is 9.10. The van der Waals surface area contributed by atoms with E-state index >= 15 is 0 Å². The molecule has 0 spiro atoms. The maximum Gasteiger partial charge on any atom is 0.261 e. The zero-order chi connectivity index (χ0) is 17.7. The minimum absolute atomic E-state index is 0.0714. The molecule has 3 heteroatoms. The van der Waals surface area contributed by atoms with Crippen LogP contribution in [0.3, 0.4) is 0 Å². The third-order valence-electron chi connectivity index (χ3n) is 6.03. The van der Waals surface area contributed by atoms with E-state index in [-0.39, 0.29) is 5.04 Å². The van der Waals surface area contributed by atoms with Gasteiger partial charge in [-0.15, -0.1) is 0 Å². The highest BCUT2D eigenvalue weighted by atomic mass is 79.9. The monoisotopic (exact) mass is 414 g/mol. The lowest BCUT2D eigenvalue weighted by Crippen LogP contribution is -2.67. The van der Waals surface area contributed by atoms with E-state index in [0.29, 0.717) is 10.4 Å². The van der Waals surface area contributed by atoms with Crippen LogP contribution in [0.1, 0.15) is 40.0 Å². The van der Waals surface area contributed by atoms with Crippen molar-refractivity contribution >= 4 is 34.6 Å². The molecule has 0 unspecified atom stereocenters. The Kier molecular flexibility index (Phi) is 4.25. The minimum atomic E-state index is -2.38. The van der Waals surface area contributed by atoms with E-state index in [9.17, 15) is 0 Å². The van der Waals surface area contributed by atoms with Crippen molar-refractivity contribution in [3.63, 3.8) is 0 Å². The number of alkyl halides is 1. The Labute approximate surface area is 161 Å². The van der Waals surface area contributed by atoms with Gasteiger partial charge in [-0.3, -0.25) is 0 Å². The number of hydrogen-bond donors (Lipinski definition) is 0. The molecule has 0 radical (unpaired) electrons. The van der Waals surface area contributed by atoms with Gasteiger partial charge in [0.25, 0.3) is 8.32 Å². The van der Waals surface area contributed by atoms with Gasteiger partial charge in [-0.1, -0.05) is 97.4 Å². The molecule has 3 atom stereocenters. The fourth-order valence-corrected chi connectivity index (χ4v) is 10.3. The normalized spacial score (nSPS) is 28.6. The lowest BCUT2D eigenvalue weighted by Gasteiger charge is -2.45. The first kappa shape index (κ1) is 17.5. The van der Waals surface area contributed by atoms with Crippen molar-refractivity contribution in [3.8, 4) is 0 Å². The van der Waals surface area contributed by atoms with Crippen LogP contribution in [0.15, 0.2) is 60.7 Å². The molecule has 0 heterocycles. The van der Waals surface area contributed by atoms with Crippen LogP contribution >= 0.6 is 15.9 Å². The van der Waals surface area contributed by atoms with Gasteiger partial charge in [0.05, 0.1) is 0 Å². The molecule has 0 bridgehead atoms. The summed E-state index contributed by atoms with van der Waals surface area (Å²) in [5.74, 6) is 0.815. The van der Waals surface area contributed by atoms with Gasteiger partial charge in [-0.2, -0.15) is 0 Å². The Hall–Kier alpha value is -0.903. The minimum Gasteiger partial charge on any atom is -0.404 e. The molecule has 0 N–H and O–H groups in total. The van der Waals surface area contributed by atoms with E-state index < -0.39 is 8.32 Å². The molecular weight excluding hydrogens is 388 g/mol. The SMILES string of the molecule is CC(C)(C)[Si](O[C@H]1C[C@@H]2C[C@]2(Br)C1)(c1ccccc1)c1ccccc1. The Morgan fingerprint density at radius 2 is 1.44 bits per heavy atom. The third-order valence-corrected chi connectivity index (χ3v) is 12.4. The Bertz CT molecular complexity index is 700. The van der Waals surface area contributed by atoms with Crippen LogP contribution in [0.2, 0.25) is 5.04 Å². The van der Waals surface area contributed by atoms with E-state index in [4.69, 9.17) is 4.43 Å². The average molecular weight is 415 g/mol. The summed E-state index contributed by atoms with van der Waals surface area (Å²) in [6.45, 7) is 7.08. The fourth-order valence-electron chi connectivity index (χ4n) is 4.71. The molecule has 2 aliphatic rings. The Morgan fingerprint density at radius 3 is 1.84 bits per heavy atom. The number of fused-ring (bicyclic) bond motifs is 1. The van der Waals surface area contributed by atoms with Gasteiger partial charge in [0.15, 0.2) is 0 Å². The maximum absolute atomic E-state index is 7.21. The molecule has 0 aromatic heterocycles. The smallest absolute Gasteiger partial charge is 0.261 e. The van der Waals surface area contributed by atoms with Crippen LogP contribution in [0.25, 0.3) is 0 Å². The second-order valence-corrected chi connectivity index (χ2v) is 14.6. The van der Waals surface area contributed by atoms with Crippen molar-refractivity contribution in [2.24, 2.45) is 5.92 Å². The highest BCUT2D eigenvalue weighted by Gasteiger charge is 2.61. The molecule has 2 fully saturated rings. The summed E-state index contributed by atoms with van der Waals surface area (Å²) in [6, 6.07) is 22.0. The topological polar surface area (TPSA) is 9.23 Å². The van der Waals surface area contributed by atoms with E-state index in [2.05, 4.69) is 97.4 Å². The van der Waals surface area contributed by atoms with Gasteiger partial charge in [0.1, 0.15) is 0 Å². The van der Waals surface area contributed by atoms with Gasteiger partial charge >= 0.3 is 0 Å². The van der Waals surface area contributed by atoms with Crippen molar-refractivity contribution in [1.82, 2.24) is 0 Å². The van der Waals surface area contributed by atoms with Crippen molar-refractivity contribution < 1.29 is 4.43 Å². The summed E-state index contributed by atoms with van der Waals surface area (Å²) >= 11 is 3.96. The molecule has 132 valence electrons. The molecule has 2 aliphatic carbocycles. The molecule has 4 rings (SSSR count). The first-order valence-electron chi connectivity index (χ1n) is 9.33. The van der Waals surface area contributed by atoms with Crippen molar-refractivity contribution in [1.29, 1.82) is 0 Å². The zero-order valence-corrected chi connectivity index (χ0v) is 17.9. The van der Waals surface area contributed by atoms with Gasteiger partial charge in [0, 0.05) is 10.4 Å². The van der Waals surface area contributed by atoms with Gasteiger partial charge < -0.3 is 4.43 Å². The molecule has 2 aromatic carbocycles. The first-order valence-corrected chi connectivity index (χ1v) is 12.0. The summed E-state index contributed by atoms with van der Waals surface area (Å²) in [6.07, 6.45) is 4.05. The van der Waals surface area contributed by atoms with Crippen LogP contribution in [-0.4, -0.2) is 18.7 Å². The zero-order valence-electron chi connectivity index (χ0n) is 15.3. The van der Waals surface area contributed by atoms with Crippen LogP contribution in [-0.2, 0) is 4.43 Å². The largest absolute Gasteiger partial charge is 0.404 e. The molecule has 2 saturated carbocycles. The molecule has 0 aliphatic heterocycles. The Morgan fingerprint density at radius 1 is 0.920 bits per heavy atom. The summed E-state index contributed by atoms with van der Waals surface area (Å²) in [5, 5.41) is 2.85. The standard InChI is InChI=1S/C22H27BrOSi/c1-21(2,3)25(19-10-6-4-7-11-19,20-12-8-5-9-13-20)24-18-14-17-15-22(17,23)16-18/h4-13,17-18H,14-16H2,1-3H3/t17-,18+,22+/m1/s1. The summed E-state index contributed by atoms with van der Waals surface area (Å²) < 4.78 is 7.59. The number of hydrogen-bond acceptors (Lipinski definition) is 1. The van der Waals surface area contributed by atoms with Crippen LogP contribution in [0.4, 0.5) is 0 Å². The molecule has 1 nitrogen and oxygen atoms in total. The Balaban J connectivity index is 1.81. The van der Waals surface area contributed by atoms with Crippen LogP contribution in [0.5, 0.6) is 0 Å². The quantitative estimate of drug-likeness (QED) is 0.511. The van der Waals surface area contributed by atoms with Crippen LogP contribution < -0.4 is 10.4 Å². The first-order chi connectivity index (χ1) is 11.9. The van der Waals surface area contributed by atoms with Crippen molar-refractivity contribution in [2.45, 2.75) is 55.5 Å². The van der Waals surface area contributed by atoms with E-state index in [1.165, 1.54) is 23.2 Å². The predicted molar refractivity (Wildman–Crippen MR) is 111 cm³/mol. The summed E-state index contributed by atoms with van der Waals surface area (Å²) in [5.41, 5.74) is 0. The summed E-state index contributed by atoms with van der Waals surface area (Å²) in [7, 11) is -2.38. The van der Waals surface area contributed by atoms with Gasteiger partial charge in [-0.25, -0.2) is 0 Å². The molecule has 0 amide bonds. The highest BCUT2D eigenvalue weighted by Crippen LogP contribution is 2.63. The maximum atomic E-state index is 7.21. The van der Waals surface area contributed by atoms with E-state index in [1.807, 2.05) is 0 Å². The average Bonchev–Trinajstić information content (AvgIpc) is 3.10. The number of rotatable bonds is 4. The molecule has 2 aromatic rings. The van der Waals surface area contributed by atoms with E-state index in [0.717, 1.165) is 12.3 Å². The van der Waals surface area contributed by atoms with Gasteiger partial charge in [-0.05, 0) is 40.6 Å². The van der Waals surface area contributed by atoms with Crippen molar-refractivity contribution in [3.05, 3.63) is 60.7 Å². The second kappa shape index (κ2) is 6.07. The van der Waals surface area contributed by atoms with Crippen molar-refractivity contribution in [2.75, 3.05) is 0 Å².